The summed E-state index contributed by atoms with van der Waals surface area (Å²) in [5, 5.41) is 20.4. The van der Waals surface area contributed by atoms with Gasteiger partial charge in [-0.05, 0) is 25.0 Å². The number of carbonyl (C=O) groups is 2. The average Bonchev–Trinajstić information content (AvgIpc) is 2.68. The third-order valence-corrected chi connectivity index (χ3v) is 4.55. The minimum atomic E-state index is -1.23. The Morgan fingerprint density at radius 1 is 0.926 bits per heavy atom. The number of rotatable bonds is 10. The number of phenols is 1. The predicted octanol–water partition coefficient (Wildman–Crippen LogP) is 4.73. The molecule has 5 heteroatoms. The average molecular weight is 369 g/mol. The molecule has 5 nitrogen and oxygen atoms in total. The number of hydrogen-bond acceptors (Lipinski definition) is 4. The van der Waals surface area contributed by atoms with Crippen molar-refractivity contribution in [3.8, 4) is 5.75 Å². The summed E-state index contributed by atoms with van der Waals surface area (Å²) >= 11 is 0. The van der Waals surface area contributed by atoms with Crippen LogP contribution in [-0.2, 0) is 0 Å². The monoisotopic (exact) mass is 369 g/mol. The Balaban J connectivity index is 2.54. The highest BCUT2D eigenvalue weighted by Crippen LogP contribution is 2.35. The summed E-state index contributed by atoms with van der Waals surface area (Å²) in [5.74, 6) is -1.97. The third-order valence-electron chi connectivity index (χ3n) is 4.55. The second-order valence-corrected chi connectivity index (χ2v) is 6.55. The molecule has 2 N–H and O–H groups in total. The Morgan fingerprint density at radius 3 is 2.04 bits per heavy atom. The number of ketones is 1. The standard InChI is InChI=1S/C22H27NO4/c1-3-5-14-23(15-6-4-2)18-13-12-17(22(26)27)19(21(18)25)20(24)16-10-8-7-9-11-16/h7-13,25H,3-6,14-15H2,1-2H3,(H,26,27). The van der Waals surface area contributed by atoms with E-state index in [1.54, 1.807) is 36.4 Å². The first kappa shape index (κ1) is 20.5. The second-order valence-electron chi connectivity index (χ2n) is 6.55. The van der Waals surface area contributed by atoms with E-state index in [4.69, 9.17) is 0 Å². The van der Waals surface area contributed by atoms with E-state index >= 15 is 0 Å². The van der Waals surface area contributed by atoms with Crippen LogP contribution in [-0.4, -0.2) is 35.1 Å². The van der Waals surface area contributed by atoms with Crippen LogP contribution in [0.15, 0.2) is 42.5 Å². The number of nitrogens with zero attached hydrogens (tertiary/aromatic N) is 1. The van der Waals surface area contributed by atoms with E-state index in [1.807, 2.05) is 4.90 Å². The number of carboxylic acids is 1. The summed E-state index contributed by atoms with van der Waals surface area (Å²) < 4.78 is 0. The lowest BCUT2D eigenvalue weighted by atomic mass is 9.96. The van der Waals surface area contributed by atoms with E-state index < -0.39 is 11.8 Å². The van der Waals surface area contributed by atoms with E-state index in [1.165, 1.54) is 6.07 Å². The van der Waals surface area contributed by atoms with Crippen molar-refractivity contribution in [2.24, 2.45) is 0 Å². The Labute approximate surface area is 160 Å². The zero-order valence-corrected chi connectivity index (χ0v) is 15.9. The maximum absolute atomic E-state index is 13.0. The highest BCUT2D eigenvalue weighted by atomic mass is 16.4. The van der Waals surface area contributed by atoms with E-state index in [-0.39, 0.29) is 16.9 Å². The van der Waals surface area contributed by atoms with Crippen LogP contribution in [0.1, 0.15) is 65.8 Å². The van der Waals surface area contributed by atoms with Crippen LogP contribution in [0, 0.1) is 0 Å². The number of aromatic carboxylic acids is 1. The summed E-state index contributed by atoms with van der Waals surface area (Å²) in [4.78, 5) is 26.6. The Kier molecular flexibility index (Phi) is 7.41. The second kappa shape index (κ2) is 9.76. The molecule has 0 aromatic heterocycles. The van der Waals surface area contributed by atoms with Crippen LogP contribution in [0.4, 0.5) is 5.69 Å². The van der Waals surface area contributed by atoms with Gasteiger partial charge in [0.2, 0.25) is 0 Å². The van der Waals surface area contributed by atoms with Crippen LogP contribution < -0.4 is 4.90 Å². The topological polar surface area (TPSA) is 77.8 Å². The zero-order chi connectivity index (χ0) is 19.8. The van der Waals surface area contributed by atoms with Crippen molar-refractivity contribution in [3.63, 3.8) is 0 Å². The van der Waals surface area contributed by atoms with E-state index in [0.29, 0.717) is 11.3 Å². The number of phenolic OH excluding ortho intramolecular Hbond substituents is 1. The summed E-state index contributed by atoms with van der Waals surface area (Å²) in [7, 11) is 0. The quantitative estimate of drug-likeness (QED) is 0.592. The van der Waals surface area contributed by atoms with Crippen molar-refractivity contribution in [1.29, 1.82) is 0 Å². The van der Waals surface area contributed by atoms with Gasteiger partial charge in [0.1, 0.15) is 0 Å². The lowest BCUT2D eigenvalue weighted by Crippen LogP contribution is -2.26. The molecule has 0 radical (unpaired) electrons. The molecule has 0 atom stereocenters. The van der Waals surface area contributed by atoms with Gasteiger partial charge in [-0.2, -0.15) is 0 Å². The van der Waals surface area contributed by atoms with Crippen molar-refractivity contribution in [2.45, 2.75) is 39.5 Å². The van der Waals surface area contributed by atoms with Gasteiger partial charge in [0.15, 0.2) is 11.5 Å². The Hall–Kier alpha value is -2.82. The molecule has 2 aromatic carbocycles. The fraction of sp³-hybridized carbons (Fsp3) is 0.364. The molecule has 0 heterocycles. The first-order valence-corrected chi connectivity index (χ1v) is 9.45. The fourth-order valence-corrected chi connectivity index (χ4v) is 3.03. The van der Waals surface area contributed by atoms with Gasteiger partial charge in [-0.25, -0.2) is 4.79 Å². The molecule has 0 aliphatic carbocycles. The van der Waals surface area contributed by atoms with Gasteiger partial charge in [0.05, 0.1) is 16.8 Å². The van der Waals surface area contributed by atoms with Crippen LogP contribution in [0.25, 0.3) is 0 Å². The molecule has 0 amide bonds. The molecule has 0 aliphatic rings. The maximum atomic E-state index is 13.0. The third kappa shape index (κ3) is 4.88. The minimum Gasteiger partial charge on any atom is -0.505 e. The van der Waals surface area contributed by atoms with Crippen LogP contribution >= 0.6 is 0 Å². The van der Waals surface area contributed by atoms with Gasteiger partial charge in [0.25, 0.3) is 0 Å². The number of carbonyl (C=O) groups excluding carboxylic acids is 1. The first-order chi connectivity index (χ1) is 13.0. The number of benzene rings is 2. The summed E-state index contributed by atoms with van der Waals surface area (Å²) in [6.07, 6.45) is 3.91. The molecule has 0 unspecified atom stereocenters. The number of unbranched alkanes of at least 4 members (excludes halogenated alkanes) is 2. The lowest BCUT2D eigenvalue weighted by molar-refractivity contribution is 0.0692. The van der Waals surface area contributed by atoms with Crippen LogP contribution in [0.5, 0.6) is 5.75 Å². The molecule has 0 saturated heterocycles. The number of carboxylic acid groups (broad SMARTS) is 1. The van der Waals surface area contributed by atoms with Crippen LogP contribution in [0.3, 0.4) is 0 Å². The van der Waals surface area contributed by atoms with Crippen molar-refractivity contribution in [2.75, 3.05) is 18.0 Å². The van der Waals surface area contributed by atoms with Gasteiger partial charge in [-0.1, -0.05) is 57.0 Å². The molecule has 0 spiro atoms. The number of anilines is 1. The van der Waals surface area contributed by atoms with Gasteiger partial charge < -0.3 is 15.1 Å². The summed E-state index contributed by atoms with van der Waals surface area (Å²) in [6, 6.07) is 11.5. The molecule has 144 valence electrons. The van der Waals surface area contributed by atoms with Gasteiger partial charge in [0, 0.05) is 18.7 Å². The maximum Gasteiger partial charge on any atom is 0.336 e. The summed E-state index contributed by atoms with van der Waals surface area (Å²) in [5.41, 5.74) is 0.530. The first-order valence-electron chi connectivity index (χ1n) is 9.45. The highest BCUT2D eigenvalue weighted by Gasteiger charge is 2.26. The smallest absolute Gasteiger partial charge is 0.336 e. The van der Waals surface area contributed by atoms with Gasteiger partial charge >= 0.3 is 5.97 Å². The largest absolute Gasteiger partial charge is 0.505 e. The predicted molar refractivity (Wildman–Crippen MR) is 107 cm³/mol. The molecule has 0 bridgehead atoms. The normalized spacial score (nSPS) is 10.6. The Morgan fingerprint density at radius 2 is 1.52 bits per heavy atom. The number of aromatic hydroxyl groups is 1. The fourth-order valence-electron chi connectivity index (χ4n) is 3.03. The molecular formula is C22H27NO4. The molecule has 2 aromatic rings. The van der Waals surface area contributed by atoms with Crippen molar-refractivity contribution < 1.29 is 19.8 Å². The summed E-state index contributed by atoms with van der Waals surface area (Å²) in [6.45, 7) is 5.68. The molecule has 0 aliphatic heterocycles. The van der Waals surface area contributed by atoms with Crippen molar-refractivity contribution >= 4 is 17.4 Å². The van der Waals surface area contributed by atoms with Gasteiger partial charge in [-0.3, -0.25) is 4.79 Å². The SMILES string of the molecule is CCCCN(CCCC)c1ccc(C(=O)O)c(C(=O)c2ccccc2)c1O. The Bertz CT molecular complexity index is 778. The number of hydrogen-bond donors (Lipinski definition) is 2. The minimum absolute atomic E-state index is 0.149. The highest BCUT2D eigenvalue weighted by molar-refractivity contribution is 6.16. The molecule has 27 heavy (non-hydrogen) atoms. The zero-order valence-electron chi connectivity index (χ0n) is 15.9. The molecule has 0 saturated carbocycles. The van der Waals surface area contributed by atoms with E-state index in [2.05, 4.69) is 13.8 Å². The van der Waals surface area contributed by atoms with E-state index in [0.717, 1.165) is 38.8 Å². The molecule has 0 fully saturated rings. The lowest BCUT2D eigenvalue weighted by Gasteiger charge is -2.26. The van der Waals surface area contributed by atoms with Crippen molar-refractivity contribution in [1.82, 2.24) is 0 Å². The van der Waals surface area contributed by atoms with E-state index in [9.17, 15) is 19.8 Å². The van der Waals surface area contributed by atoms with Gasteiger partial charge in [-0.15, -0.1) is 0 Å². The van der Waals surface area contributed by atoms with Crippen molar-refractivity contribution in [3.05, 3.63) is 59.2 Å². The molecular weight excluding hydrogens is 342 g/mol. The molecule has 2 rings (SSSR count). The van der Waals surface area contributed by atoms with Crippen LogP contribution in [0.2, 0.25) is 0 Å².